The molecule has 3 heterocycles. The maximum absolute atomic E-state index is 11.0. The second-order valence-electron chi connectivity index (χ2n) is 5.61. The summed E-state index contributed by atoms with van der Waals surface area (Å²) < 4.78 is 11.4. The molecule has 134 valence electrons. The molecule has 0 fully saturated rings. The number of ether oxygens (including phenoxy) is 1. The Balaban J connectivity index is 1.50. The second kappa shape index (κ2) is 7.12. The molecule has 8 nitrogen and oxygen atoms in total. The molecule has 1 aromatic carbocycles. The lowest BCUT2D eigenvalue weighted by Crippen LogP contribution is -2.00. The van der Waals surface area contributed by atoms with Gasteiger partial charge in [0.2, 0.25) is 0 Å². The van der Waals surface area contributed by atoms with Gasteiger partial charge in [-0.2, -0.15) is 4.98 Å². The predicted octanol–water partition coefficient (Wildman–Crippen LogP) is 3.72. The fourth-order valence-electron chi connectivity index (χ4n) is 2.44. The van der Waals surface area contributed by atoms with E-state index in [-0.39, 0.29) is 5.69 Å². The van der Waals surface area contributed by atoms with Crippen LogP contribution in [-0.4, -0.2) is 26.0 Å². The smallest absolute Gasteiger partial charge is 0.354 e. The highest BCUT2D eigenvalue weighted by molar-refractivity contribution is 5.85. The van der Waals surface area contributed by atoms with E-state index in [1.54, 1.807) is 30.5 Å². The minimum Gasteiger partial charge on any atom is -0.477 e. The number of anilines is 1. The lowest BCUT2D eigenvalue weighted by atomic mass is 10.3. The highest BCUT2D eigenvalue weighted by Crippen LogP contribution is 2.27. The number of aromatic carboxylic acids is 1. The summed E-state index contributed by atoms with van der Waals surface area (Å²) in [5.74, 6) is -0.248. The third-order valence-electron chi connectivity index (χ3n) is 3.69. The first-order valence-corrected chi connectivity index (χ1v) is 8.09. The quantitative estimate of drug-likeness (QED) is 0.534. The van der Waals surface area contributed by atoms with Gasteiger partial charge in [0.1, 0.15) is 17.0 Å². The number of aromatic nitrogens is 3. The third kappa shape index (κ3) is 3.84. The summed E-state index contributed by atoms with van der Waals surface area (Å²) in [5.41, 5.74) is 2.00. The van der Waals surface area contributed by atoms with Crippen LogP contribution < -0.4 is 10.1 Å². The first-order chi connectivity index (χ1) is 13.2. The summed E-state index contributed by atoms with van der Waals surface area (Å²) >= 11 is 0. The van der Waals surface area contributed by atoms with Crippen molar-refractivity contribution in [1.29, 1.82) is 0 Å². The monoisotopic (exact) mass is 362 g/mol. The Morgan fingerprint density at radius 3 is 2.78 bits per heavy atom. The lowest BCUT2D eigenvalue weighted by Gasteiger charge is -2.05. The number of fused-ring (bicyclic) bond motifs is 1. The molecule has 4 rings (SSSR count). The van der Waals surface area contributed by atoms with Crippen molar-refractivity contribution in [3.63, 3.8) is 0 Å². The van der Waals surface area contributed by atoms with Crippen LogP contribution in [0.1, 0.15) is 16.2 Å². The van der Waals surface area contributed by atoms with E-state index in [9.17, 15) is 4.79 Å². The number of benzene rings is 1. The number of pyridine rings is 2. The van der Waals surface area contributed by atoms with Crippen LogP contribution in [0.15, 0.2) is 65.3 Å². The number of oxazole rings is 1. The first-order valence-electron chi connectivity index (χ1n) is 8.09. The van der Waals surface area contributed by atoms with E-state index >= 15 is 0 Å². The lowest BCUT2D eigenvalue weighted by molar-refractivity contribution is 0.0690. The third-order valence-corrected chi connectivity index (χ3v) is 3.69. The number of carbonyl (C=O) groups is 1. The van der Waals surface area contributed by atoms with Gasteiger partial charge in [-0.1, -0.05) is 6.07 Å². The zero-order valence-electron chi connectivity index (χ0n) is 14.0. The van der Waals surface area contributed by atoms with Crippen LogP contribution in [0.4, 0.5) is 6.01 Å². The standard InChI is InChI=1S/C19H14N4O4/c24-18(25)16-9-14(6-8-21-16)26-13-4-5-15-17(10-13)27-19(23-15)22-11-12-3-1-2-7-20-12/h1-10H,11H2,(H,22,23)(H,24,25). The number of hydrogen-bond donors (Lipinski definition) is 2. The van der Waals surface area contributed by atoms with Gasteiger partial charge in [-0.15, -0.1) is 0 Å². The van der Waals surface area contributed by atoms with Crippen molar-refractivity contribution in [3.05, 3.63) is 72.3 Å². The summed E-state index contributed by atoms with van der Waals surface area (Å²) in [4.78, 5) is 23.3. The van der Waals surface area contributed by atoms with Gasteiger partial charge >= 0.3 is 5.97 Å². The van der Waals surface area contributed by atoms with Crippen LogP contribution in [0, 0.1) is 0 Å². The molecule has 4 aromatic rings. The molecule has 3 aromatic heterocycles. The zero-order valence-corrected chi connectivity index (χ0v) is 14.0. The highest BCUT2D eigenvalue weighted by Gasteiger charge is 2.10. The number of carboxylic acid groups (broad SMARTS) is 1. The van der Waals surface area contributed by atoms with Crippen molar-refractivity contribution in [1.82, 2.24) is 15.0 Å². The molecule has 0 aliphatic heterocycles. The number of carboxylic acids is 1. The van der Waals surface area contributed by atoms with E-state index in [1.165, 1.54) is 12.3 Å². The molecule has 0 unspecified atom stereocenters. The number of hydrogen-bond acceptors (Lipinski definition) is 7. The minimum atomic E-state index is -1.12. The van der Waals surface area contributed by atoms with Gasteiger partial charge < -0.3 is 19.6 Å². The van der Waals surface area contributed by atoms with Gasteiger partial charge in [-0.05, 0) is 30.3 Å². The van der Waals surface area contributed by atoms with Gasteiger partial charge in [-0.25, -0.2) is 9.78 Å². The normalized spacial score (nSPS) is 10.7. The fourth-order valence-corrected chi connectivity index (χ4v) is 2.44. The number of nitrogens with zero attached hydrogens (tertiary/aromatic N) is 3. The predicted molar refractivity (Wildman–Crippen MR) is 96.8 cm³/mol. The van der Waals surface area contributed by atoms with Crippen molar-refractivity contribution in [2.45, 2.75) is 6.54 Å². The molecule has 0 radical (unpaired) electrons. The molecule has 0 aliphatic rings. The Labute approximate surface area is 153 Å². The molecular formula is C19H14N4O4. The average molecular weight is 362 g/mol. The maximum atomic E-state index is 11.0. The van der Waals surface area contributed by atoms with E-state index in [4.69, 9.17) is 14.3 Å². The molecule has 0 aliphatic carbocycles. The van der Waals surface area contributed by atoms with Crippen LogP contribution >= 0.6 is 0 Å². The van der Waals surface area contributed by atoms with Crippen LogP contribution in [-0.2, 0) is 6.54 Å². The van der Waals surface area contributed by atoms with Crippen LogP contribution in [0.25, 0.3) is 11.1 Å². The molecule has 0 saturated carbocycles. The summed E-state index contributed by atoms with van der Waals surface area (Å²) in [6, 6.07) is 14.2. The molecular weight excluding hydrogens is 348 g/mol. The van der Waals surface area contributed by atoms with Gasteiger partial charge in [0.25, 0.3) is 6.01 Å². The number of nitrogens with one attached hydrogen (secondary N) is 1. The Hall–Kier alpha value is -3.94. The van der Waals surface area contributed by atoms with E-state index in [0.717, 1.165) is 5.69 Å². The summed E-state index contributed by atoms with van der Waals surface area (Å²) in [7, 11) is 0. The molecule has 8 heteroatoms. The molecule has 0 bridgehead atoms. The fraction of sp³-hybridized carbons (Fsp3) is 0.0526. The molecule has 0 spiro atoms. The highest BCUT2D eigenvalue weighted by atomic mass is 16.5. The molecule has 2 N–H and O–H groups in total. The van der Waals surface area contributed by atoms with Gasteiger partial charge in [0, 0.05) is 24.5 Å². The van der Waals surface area contributed by atoms with Crippen LogP contribution in [0.5, 0.6) is 11.5 Å². The molecule has 0 atom stereocenters. The molecule has 27 heavy (non-hydrogen) atoms. The summed E-state index contributed by atoms with van der Waals surface area (Å²) in [5, 5.41) is 12.1. The largest absolute Gasteiger partial charge is 0.477 e. The van der Waals surface area contributed by atoms with Gasteiger partial charge in [0.05, 0.1) is 12.2 Å². The number of rotatable bonds is 6. The molecule has 0 saturated heterocycles. The zero-order chi connectivity index (χ0) is 18.6. The van der Waals surface area contributed by atoms with Crippen molar-refractivity contribution in [3.8, 4) is 11.5 Å². The van der Waals surface area contributed by atoms with Crippen molar-refractivity contribution in [2.24, 2.45) is 0 Å². The van der Waals surface area contributed by atoms with Crippen molar-refractivity contribution in [2.75, 3.05) is 5.32 Å². The summed E-state index contributed by atoms with van der Waals surface area (Å²) in [6.07, 6.45) is 3.10. The average Bonchev–Trinajstić information content (AvgIpc) is 3.09. The minimum absolute atomic E-state index is 0.0887. The van der Waals surface area contributed by atoms with Crippen molar-refractivity contribution < 1.29 is 19.1 Å². The van der Waals surface area contributed by atoms with Gasteiger partial charge in [-0.3, -0.25) is 4.98 Å². The SMILES string of the molecule is O=C(O)c1cc(Oc2ccc3nc(NCc4ccccn4)oc3c2)ccn1. The molecule has 0 amide bonds. The second-order valence-corrected chi connectivity index (χ2v) is 5.61. The van der Waals surface area contributed by atoms with Crippen molar-refractivity contribution >= 4 is 23.1 Å². The van der Waals surface area contributed by atoms with E-state index in [2.05, 4.69) is 20.3 Å². The summed E-state index contributed by atoms with van der Waals surface area (Å²) in [6.45, 7) is 0.492. The Kier molecular flexibility index (Phi) is 4.36. The maximum Gasteiger partial charge on any atom is 0.354 e. The van der Waals surface area contributed by atoms with E-state index < -0.39 is 5.97 Å². The van der Waals surface area contributed by atoms with Crippen LogP contribution in [0.3, 0.4) is 0 Å². The Bertz CT molecular complexity index is 1100. The van der Waals surface area contributed by atoms with E-state index in [1.807, 2.05) is 18.2 Å². The Morgan fingerprint density at radius 1 is 1.07 bits per heavy atom. The Morgan fingerprint density at radius 2 is 1.96 bits per heavy atom. The van der Waals surface area contributed by atoms with Gasteiger partial charge in [0.15, 0.2) is 11.3 Å². The van der Waals surface area contributed by atoms with E-state index in [0.29, 0.717) is 35.2 Å². The van der Waals surface area contributed by atoms with Crippen LogP contribution in [0.2, 0.25) is 0 Å². The first kappa shape index (κ1) is 16.5. The topological polar surface area (TPSA) is 110 Å².